The second-order valence-electron chi connectivity index (χ2n) is 8.22. The van der Waals surface area contributed by atoms with Crippen LogP contribution in [0, 0.1) is 5.92 Å². The topological polar surface area (TPSA) is 78.0 Å². The van der Waals surface area contributed by atoms with Crippen molar-refractivity contribution in [1.29, 1.82) is 0 Å². The smallest absolute Gasteiger partial charge is 0.224 e. The number of ether oxygens (including phenoxy) is 1. The molecule has 1 heterocycles. The van der Waals surface area contributed by atoms with Crippen LogP contribution in [0.25, 0.3) is 0 Å². The average molecular weight is 418 g/mol. The van der Waals surface area contributed by atoms with Crippen molar-refractivity contribution >= 4 is 17.6 Å². The third-order valence-corrected chi connectivity index (χ3v) is 4.82. The van der Waals surface area contributed by atoms with E-state index in [0.717, 1.165) is 63.0 Å². The molecule has 168 valence electrons. The Labute approximate surface area is 181 Å². The lowest BCUT2D eigenvalue weighted by atomic mass is 10.2. The van der Waals surface area contributed by atoms with Gasteiger partial charge in [0.25, 0.3) is 0 Å². The number of amides is 1. The molecule has 0 bridgehead atoms. The summed E-state index contributed by atoms with van der Waals surface area (Å²) >= 11 is 0. The molecule has 2 rings (SSSR count). The third-order valence-electron chi connectivity index (χ3n) is 4.82. The maximum atomic E-state index is 11.7. The summed E-state index contributed by atoms with van der Waals surface area (Å²) in [5, 5.41) is 9.63. The van der Waals surface area contributed by atoms with Gasteiger partial charge in [-0.15, -0.1) is 0 Å². The molecule has 7 heteroatoms. The van der Waals surface area contributed by atoms with E-state index in [1.165, 1.54) is 0 Å². The molecule has 1 amide bonds. The Morgan fingerprint density at radius 2 is 2.00 bits per heavy atom. The molecule has 1 aromatic carbocycles. The lowest BCUT2D eigenvalue weighted by Gasteiger charge is -2.34. The van der Waals surface area contributed by atoms with Gasteiger partial charge in [-0.1, -0.05) is 32.9 Å². The zero-order chi connectivity index (χ0) is 21.8. The quantitative estimate of drug-likeness (QED) is 0.403. The minimum Gasteiger partial charge on any atom is -0.374 e. The van der Waals surface area contributed by atoms with Crippen molar-refractivity contribution in [3.05, 3.63) is 29.8 Å². The summed E-state index contributed by atoms with van der Waals surface area (Å²) in [5.74, 6) is 1.52. The molecule has 1 atom stereocenters. The second-order valence-corrected chi connectivity index (χ2v) is 8.22. The molecule has 1 aromatic rings. The molecule has 1 aliphatic rings. The summed E-state index contributed by atoms with van der Waals surface area (Å²) < 4.78 is 5.92. The first-order valence-electron chi connectivity index (χ1n) is 11.2. The maximum Gasteiger partial charge on any atom is 0.224 e. The number of carbonyl (C=O) groups is 1. The Kier molecular flexibility index (Phi) is 10.7. The summed E-state index contributed by atoms with van der Waals surface area (Å²) in [4.78, 5) is 18.9. The standard InChI is InChI=1S/C23H39N5O2/c1-5-7-22(29)27-20-10-8-19(9-11-20)14-25-23(24-6-2)26-15-21-17-28(12-13-30-21)16-18(3)4/h8-11,18,21H,5-7,12-17H2,1-4H3,(H,27,29)(H2,24,25,26). The molecular formula is C23H39N5O2. The van der Waals surface area contributed by atoms with Crippen LogP contribution in [0.3, 0.4) is 0 Å². The SMILES string of the molecule is CCCC(=O)Nc1ccc(CN=C(NCC)NCC2CN(CC(C)C)CCO2)cc1. The molecule has 0 radical (unpaired) electrons. The van der Waals surface area contributed by atoms with Gasteiger partial charge in [0.15, 0.2) is 5.96 Å². The largest absolute Gasteiger partial charge is 0.374 e. The number of hydrogen-bond acceptors (Lipinski definition) is 4. The molecule has 1 aliphatic heterocycles. The van der Waals surface area contributed by atoms with Crippen molar-refractivity contribution < 1.29 is 9.53 Å². The van der Waals surface area contributed by atoms with Crippen LogP contribution in [0.2, 0.25) is 0 Å². The van der Waals surface area contributed by atoms with Crippen molar-refractivity contribution in [2.75, 3.05) is 44.6 Å². The highest BCUT2D eigenvalue weighted by Crippen LogP contribution is 2.11. The fourth-order valence-corrected chi connectivity index (χ4v) is 3.45. The maximum absolute atomic E-state index is 11.7. The van der Waals surface area contributed by atoms with Crippen molar-refractivity contribution in [3.63, 3.8) is 0 Å². The van der Waals surface area contributed by atoms with Crippen LogP contribution >= 0.6 is 0 Å². The Hall–Kier alpha value is -2.12. The second kappa shape index (κ2) is 13.2. The zero-order valence-electron chi connectivity index (χ0n) is 19.0. The van der Waals surface area contributed by atoms with Gasteiger partial charge < -0.3 is 20.7 Å². The number of guanidine groups is 1. The van der Waals surface area contributed by atoms with Gasteiger partial charge in [-0.2, -0.15) is 0 Å². The van der Waals surface area contributed by atoms with Gasteiger partial charge in [0.05, 0.1) is 19.3 Å². The zero-order valence-corrected chi connectivity index (χ0v) is 19.0. The molecule has 1 fully saturated rings. The number of rotatable bonds is 10. The Balaban J connectivity index is 1.84. The van der Waals surface area contributed by atoms with E-state index in [1.54, 1.807) is 0 Å². The Bertz CT molecular complexity index is 660. The molecule has 1 saturated heterocycles. The van der Waals surface area contributed by atoms with Gasteiger partial charge in [0.1, 0.15) is 0 Å². The van der Waals surface area contributed by atoms with Crippen LogP contribution in [0.15, 0.2) is 29.3 Å². The number of carbonyl (C=O) groups excluding carboxylic acids is 1. The average Bonchev–Trinajstić information content (AvgIpc) is 2.71. The van der Waals surface area contributed by atoms with Gasteiger partial charge in [-0.05, 0) is 37.0 Å². The number of anilines is 1. The van der Waals surface area contributed by atoms with E-state index in [-0.39, 0.29) is 12.0 Å². The number of hydrogen-bond donors (Lipinski definition) is 3. The molecule has 30 heavy (non-hydrogen) atoms. The van der Waals surface area contributed by atoms with Gasteiger partial charge in [0.2, 0.25) is 5.91 Å². The molecule has 0 aromatic heterocycles. The van der Waals surface area contributed by atoms with Crippen LogP contribution in [0.1, 0.15) is 46.1 Å². The highest BCUT2D eigenvalue weighted by Gasteiger charge is 2.21. The predicted octanol–water partition coefficient (Wildman–Crippen LogP) is 2.84. The normalized spacial score (nSPS) is 17.8. The van der Waals surface area contributed by atoms with Crippen molar-refractivity contribution in [3.8, 4) is 0 Å². The van der Waals surface area contributed by atoms with E-state index in [0.29, 0.717) is 18.9 Å². The van der Waals surface area contributed by atoms with Crippen LogP contribution < -0.4 is 16.0 Å². The molecular weight excluding hydrogens is 378 g/mol. The van der Waals surface area contributed by atoms with Gasteiger partial charge >= 0.3 is 0 Å². The molecule has 1 unspecified atom stereocenters. The monoisotopic (exact) mass is 417 g/mol. The van der Waals surface area contributed by atoms with Gasteiger partial charge in [-0.25, -0.2) is 4.99 Å². The highest BCUT2D eigenvalue weighted by molar-refractivity contribution is 5.90. The fraction of sp³-hybridized carbons (Fsp3) is 0.652. The number of benzene rings is 1. The van der Waals surface area contributed by atoms with E-state index in [2.05, 4.69) is 41.6 Å². The minimum absolute atomic E-state index is 0.0544. The van der Waals surface area contributed by atoms with Crippen LogP contribution in [0.5, 0.6) is 0 Å². The Morgan fingerprint density at radius 1 is 1.23 bits per heavy atom. The molecule has 7 nitrogen and oxygen atoms in total. The number of nitrogens with one attached hydrogen (secondary N) is 3. The Morgan fingerprint density at radius 3 is 2.67 bits per heavy atom. The van der Waals surface area contributed by atoms with Crippen LogP contribution in [-0.4, -0.2) is 62.2 Å². The predicted molar refractivity (Wildman–Crippen MR) is 124 cm³/mol. The summed E-state index contributed by atoms with van der Waals surface area (Å²) in [5.41, 5.74) is 1.92. The molecule has 3 N–H and O–H groups in total. The van der Waals surface area contributed by atoms with E-state index in [4.69, 9.17) is 9.73 Å². The molecule has 0 spiro atoms. The number of aliphatic imine (C=N–C) groups is 1. The minimum atomic E-state index is 0.0544. The summed E-state index contributed by atoms with van der Waals surface area (Å²) in [6, 6.07) is 7.86. The lowest BCUT2D eigenvalue weighted by Crippen LogP contribution is -2.50. The van der Waals surface area contributed by atoms with E-state index >= 15 is 0 Å². The number of morpholine rings is 1. The first kappa shape index (κ1) is 24.2. The summed E-state index contributed by atoms with van der Waals surface area (Å²) in [7, 11) is 0. The van der Waals surface area contributed by atoms with E-state index in [1.807, 2.05) is 31.2 Å². The number of nitrogens with zero attached hydrogens (tertiary/aromatic N) is 2. The highest BCUT2D eigenvalue weighted by atomic mass is 16.5. The van der Waals surface area contributed by atoms with E-state index in [9.17, 15) is 4.79 Å². The van der Waals surface area contributed by atoms with Crippen LogP contribution in [0.4, 0.5) is 5.69 Å². The summed E-state index contributed by atoms with van der Waals surface area (Å²) in [6.07, 6.45) is 1.57. The fourth-order valence-electron chi connectivity index (χ4n) is 3.45. The van der Waals surface area contributed by atoms with E-state index < -0.39 is 0 Å². The molecule has 0 aliphatic carbocycles. The van der Waals surface area contributed by atoms with Crippen molar-refractivity contribution in [2.24, 2.45) is 10.9 Å². The first-order valence-corrected chi connectivity index (χ1v) is 11.2. The lowest BCUT2D eigenvalue weighted by molar-refractivity contribution is -0.116. The van der Waals surface area contributed by atoms with Gasteiger partial charge in [0, 0.05) is 44.8 Å². The summed E-state index contributed by atoms with van der Waals surface area (Å²) in [6.45, 7) is 14.6. The van der Waals surface area contributed by atoms with Crippen molar-refractivity contribution in [1.82, 2.24) is 15.5 Å². The molecule has 0 saturated carbocycles. The first-order chi connectivity index (χ1) is 14.5. The van der Waals surface area contributed by atoms with Crippen molar-refractivity contribution in [2.45, 2.75) is 53.2 Å². The third kappa shape index (κ3) is 9.13. The van der Waals surface area contributed by atoms with Gasteiger partial charge in [-0.3, -0.25) is 9.69 Å². The van der Waals surface area contributed by atoms with Crippen LogP contribution in [-0.2, 0) is 16.1 Å².